The second-order valence-corrected chi connectivity index (χ2v) is 12.0. The molecule has 0 aromatic heterocycles. The Kier molecular flexibility index (Phi) is 10.6. The number of hydrogen-bond donors (Lipinski definition) is 1. The highest BCUT2D eigenvalue weighted by atomic mass is 35.5. The summed E-state index contributed by atoms with van der Waals surface area (Å²) in [5, 5.41) is 3.35. The van der Waals surface area contributed by atoms with Gasteiger partial charge in [0.05, 0.1) is 17.7 Å². The molecule has 0 radical (unpaired) electrons. The Morgan fingerprint density at radius 2 is 1.55 bits per heavy atom. The predicted molar refractivity (Wildman–Crippen MR) is 158 cm³/mol. The lowest BCUT2D eigenvalue weighted by atomic mass is 10.1. The zero-order valence-corrected chi connectivity index (χ0v) is 25.0. The van der Waals surface area contributed by atoms with E-state index < -0.39 is 28.5 Å². The number of benzene rings is 3. The van der Waals surface area contributed by atoms with Gasteiger partial charge in [-0.3, -0.25) is 13.9 Å². The molecule has 214 valence electrons. The fourth-order valence-electron chi connectivity index (χ4n) is 3.95. The average Bonchev–Trinajstić information content (AvgIpc) is 2.95. The molecule has 40 heavy (non-hydrogen) atoms. The molecule has 0 saturated carbocycles. The van der Waals surface area contributed by atoms with E-state index in [1.54, 1.807) is 43.3 Å². The van der Waals surface area contributed by atoms with Crippen LogP contribution in [0.3, 0.4) is 0 Å². The van der Waals surface area contributed by atoms with Crippen molar-refractivity contribution in [3.63, 3.8) is 0 Å². The first-order chi connectivity index (χ1) is 19.0. The van der Waals surface area contributed by atoms with Crippen molar-refractivity contribution in [2.45, 2.75) is 57.6 Å². The zero-order valence-electron chi connectivity index (χ0n) is 23.4. The summed E-state index contributed by atoms with van der Waals surface area (Å²) in [7, 11) is -2.69. The van der Waals surface area contributed by atoms with Gasteiger partial charge in [0, 0.05) is 17.6 Å². The van der Waals surface area contributed by atoms with Gasteiger partial charge < -0.3 is 15.0 Å². The fourth-order valence-corrected chi connectivity index (χ4v) is 5.49. The van der Waals surface area contributed by atoms with Gasteiger partial charge in [-0.2, -0.15) is 0 Å². The molecular weight excluding hydrogens is 550 g/mol. The van der Waals surface area contributed by atoms with Gasteiger partial charge in [-0.05, 0) is 81.3 Å². The second kappa shape index (κ2) is 13.7. The van der Waals surface area contributed by atoms with E-state index in [4.69, 9.17) is 16.3 Å². The number of methoxy groups -OCH3 is 1. The maximum absolute atomic E-state index is 13.9. The number of halogens is 1. The summed E-state index contributed by atoms with van der Waals surface area (Å²) in [5.74, 6) is -0.344. The van der Waals surface area contributed by atoms with Crippen LogP contribution in [-0.4, -0.2) is 50.9 Å². The molecule has 3 aromatic rings. The number of aryl methyl sites for hydroxylation is 1. The molecule has 1 N–H and O–H groups in total. The Balaban J connectivity index is 2.01. The number of nitrogens with one attached hydrogen (secondary N) is 1. The van der Waals surface area contributed by atoms with Crippen molar-refractivity contribution in [1.29, 1.82) is 0 Å². The van der Waals surface area contributed by atoms with Crippen molar-refractivity contribution >= 4 is 39.1 Å². The van der Waals surface area contributed by atoms with Crippen molar-refractivity contribution < 1.29 is 22.7 Å². The molecular formula is C30H36ClN3O5S. The molecule has 10 heteroatoms. The van der Waals surface area contributed by atoms with E-state index in [0.29, 0.717) is 10.8 Å². The molecule has 0 fully saturated rings. The normalized spacial score (nSPS) is 12.8. The van der Waals surface area contributed by atoms with Crippen LogP contribution in [0.15, 0.2) is 77.7 Å². The lowest BCUT2D eigenvalue weighted by molar-refractivity contribution is -0.139. The SMILES string of the molecule is CC[C@H](C)NC(=O)[C@@H](C)N(Cc1ccc(C)cc1)C(=O)CN(c1ccc(Cl)cc1)S(=O)(=O)c1ccc(OC)cc1. The highest BCUT2D eigenvalue weighted by Crippen LogP contribution is 2.27. The van der Waals surface area contributed by atoms with E-state index >= 15 is 0 Å². The van der Waals surface area contributed by atoms with Crippen molar-refractivity contribution in [3.8, 4) is 5.75 Å². The molecule has 3 aromatic carbocycles. The third-order valence-corrected chi connectivity index (χ3v) is 8.72. The number of nitrogens with zero attached hydrogens (tertiary/aromatic N) is 2. The van der Waals surface area contributed by atoms with Crippen LogP contribution < -0.4 is 14.4 Å². The van der Waals surface area contributed by atoms with E-state index in [0.717, 1.165) is 21.9 Å². The lowest BCUT2D eigenvalue weighted by Crippen LogP contribution is -2.52. The standard InChI is InChI=1S/C30H36ClN3O5S/c1-6-22(3)32-30(36)23(4)33(19-24-9-7-21(2)8-10-24)29(35)20-34(26-13-11-25(31)12-14-26)40(37,38)28-17-15-27(39-5)16-18-28/h7-18,22-23H,6,19-20H2,1-5H3,(H,32,36)/t22-,23+/m0/s1. The third kappa shape index (κ3) is 7.76. The molecule has 0 aliphatic carbocycles. The average molecular weight is 586 g/mol. The number of ether oxygens (including phenoxy) is 1. The zero-order chi connectivity index (χ0) is 29.4. The second-order valence-electron chi connectivity index (χ2n) is 9.66. The Bertz CT molecular complexity index is 1390. The molecule has 0 spiro atoms. The number of sulfonamides is 1. The van der Waals surface area contributed by atoms with Crippen molar-refractivity contribution in [3.05, 3.63) is 88.9 Å². The number of carbonyl (C=O) groups excluding carboxylic acids is 2. The lowest BCUT2D eigenvalue weighted by Gasteiger charge is -2.32. The Hall–Kier alpha value is -3.56. The molecule has 0 unspecified atom stereocenters. The van der Waals surface area contributed by atoms with Gasteiger partial charge in [-0.15, -0.1) is 0 Å². The summed E-state index contributed by atoms with van der Waals surface area (Å²) in [6.07, 6.45) is 0.731. The fraction of sp³-hybridized carbons (Fsp3) is 0.333. The van der Waals surface area contributed by atoms with Gasteiger partial charge >= 0.3 is 0 Å². The molecule has 0 aliphatic heterocycles. The summed E-state index contributed by atoms with van der Waals surface area (Å²) in [4.78, 5) is 28.5. The first-order valence-corrected chi connectivity index (χ1v) is 14.9. The van der Waals surface area contributed by atoms with Gasteiger partial charge in [0.2, 0.25) is 11.8 Å². The summed E-state index contributed by atoms with van der Waals surface area (Å²) in [6.45, 7) is 7.06. The molecule has 0 saturated heterocycles. The minimum absolute atomic E-state index is 0.0105. The van der Waals surface area contributed by atoms with Crippen LogP contribution in [0.25, 0.3) is 0 Å². The van der Waals surface area contributed by atoms with Crippen LogP contribution in [0.1, 0.15) is 38.3 Å². The molecule has 0 heterocycles. The Morgan fingerprint density at radius 3 is 2.10 bits per heavy atom. The monoisotopic (exact) mass is 585 g/mol. The first-order valence-electron chi connectivity index (χ1n) is 13.0. The summed E-state index contributed by atoms with van der Waals surface area (Å²) in [6, 6.07) is 18.8. The maximum Gasteiger partial charge on any atom is 0.264 e. The van der Waals surface area contributed by atoms with Crippen molar-refractivity contribution in [2.24, 2.45) is 0 Å². The number of carbonyl (C=O) groups is 2. The smallest absolute Gasteiger partial charge is 0.264 e. The quantitative estimate of drug-likeness (QED) is 0.316. The Labute approximate surface area is 241 Å². The van der Waals surface area contributed by atoms with E-state index in [1.165, 1.54) is 24.1 Å². The number of hydrogen-bond acceptors (Lipinski definition) is 5. The molecule has 3 rings (SSSR count). The molecule has 2 amide bonds. The van der Waals surface area contributed by atoms with E-state index in [1.807, 2.05) is 45.0 Å². The number of anilines is 1. The first kappa shape index (κ1) is 31.0. The van der Waals surface area contributed by atoms with E-state index in [9.17, 15) is 18.0 Å². The third-order valence-electron chi connectivity index (χ3n) is 6.68. The molecule has 8 nitrogen and oxygen atoms in total. The summed E-state index contributed by atoms with van der Waals surface area (Å²) < 4.78 is 33.9. The van der Waals surface area contributed by atoms with Crippen LogP contribution >= 0.6 is 11.6 Å². The summed E-state index contributed by atoms with van der Waals surface area (Å²) in [5.41, 5.74) is 2.14. The van der Waals surface area contributed by atoms with E-state index in [2.05, 4.69) is 5.32 Å². The molecule has 2 atom stereocenters. The highest BCUT2D eigenvalue weighted by molar-refractivity contribution is 7.92. The van der Waals surface area contributed by atoms with Crippen molar-refractivity contribution in [1.82, 2.24) is 10.2 Å². The van der Waals surface area contributed by atoms with E-state index in [-0.39, 0.29) is 29.1 Å². The van der Waals surface area contributed by atoms with Crippen LogP contribution in [0.4, 0.5) is 5.69 Å². The molecule has 0 bridgehead atoms. The highest BCUT2D eigenvalue weighted by Gasteiger charge is 2.32. The van der Waals surface area contributed by atoms with Gasteiger partial charge in [0.1, 0.15) is 18.3 Å². The summed E-state index contributed by atoms with van der Waals surface area (Å²) >= 11 is 6.07. The number of rotatable bonds is 12. The van der Waals surface area contributed by atoms with Gasteiger partial charge in [0.15, 0.2) is 0 Å². The predicted octanol–water partition coefficient (Wildman–Crippen LogP) is 5.18. The Morgan fingerprint density at radius 1 is 0.950 bits per heavy atom. The van der Waals surface area contributed by atoms with Crippen LogP contribution in [0.5, 0.6) is 5.75 Å². The number of amides is 2. The largest absolute Gasteiger partial charge is 0.497 e. The molecule has 0 aliphatic rings. The minimum atomic E-state index is -4.18. The van der Waals surface area contributed by atoms with Gasteiger partial charge in [-0.1, -0.05) is 48.4 Å². The topological polar surface area (TPSA) is 96.0 Å². The van der Waals surface area contributed by atoms with Crippen LogP contribution in [-0.2, 0) is 26.2 Å². The van der Waals surface area contributed by atoms with Gasteiger partial charge in [0.25, 0.3) is 10.0 Å². The maximum atomic E-state index is 13.9. The van der Waals surface area contributed by atoms with Gasteiger partial charge in [-0.25, -0.2) is 8.42 Å². The minimum Gasteiger partial charge on any atom is -0.497 e. The van der Waals surface area contributed by atoms with Crippen molar-refractivity contribution in [2.75, 3.05) is 18.0 Å². The van der Waals surface area contributed by atoms with Crippen LogP contribution in [0, 0.1) is 6.92 Å². The van der Waals surface area contributed by atoms with Crippen LogP contribution in [0.2, 0.25) is 5.02 Å².